The van der Waals surface area contributed by atoms with E-state index in [-0.39, 0.29) is 21.3 Å². The van der Waals surface area contributed by atoms with E-state index >= 15 is 0 Å². The molecule has 5 N–H and O–H groups in total. The summed E-state index contributed by atoms with van der Waals surface area (Å²) in [5.74, 6) is -0.379. The van der Waals surface area contributed by atoms with Crippen LogP contribution in [0, 0.1) is 4.77 Å². The highest BCUT2D eigenvalue weighted by Gasteiger charge is 2.04. The van der Waals surface area contributed by atoms with E-state index in [1.165, 1.54) is 0 Å². The number of H-pyrrole nitrogens is 2. The van der Waals surface area contributed by atoms with E-state index in [2.05, 4.69) is 25.8 Å². The Morgan fingerprint density at radius 2 is 2.00 bits per heavy atom. The van der Waals surface area contributed by atoms with Crippen LogP contribution in [0.4, 0.5) is 5.69 Å². The van der Waals surface area contributed by atoms with E-state index < -0.39 is 5.56 Å². The molecule has 0 saturated carbocycles. The molecule has 0 aliphatic carbocycles. The van der Waals surface area contributed by atoms with Gasteiger partial charge in [0.25, 0.3) is 5.56 Å². The number of halogens is 1. The van der Waals surface area contributed by atoms with Crippen LogP contribution in [-0.4, -0.2) is 26.4 Å². The van der Waals surface area contributed by atoms with Gasteiger partial charge < -0.3 is 15.4 Å². The number of hydrogen-bond acceptors (Lipinski definition) is 5. The van der Waals surface area contributed by atoms with Crippen LogP contribution in [0.3, 0.4) is 0 Å². The van der Waals surface area contributed by atoms with Gasteiger partial charge >= 0.3 is 0 Å². The van der Waals surface area contributed by atoms with E-state index in [1.54, 1.807) is 24.3 Å². The number of nitrogens with one attached hydrogen (secondary N) is 4. The molecule has 0 radical (unpaired) electrons. The first-order chi connectivity index (χ1) is 10.5. The summed E-state index contributed by atoms with van der Waals surface area (Å²) in [7, 11) is 0. The maximum atomic E-state index is 11.6. The highest BCUT2D eigenvalue weighted by Crippen LogP contribution is 2.13. The van der Waals surface area contributed by atoms with Crippen LogP contribution in [0.25, 0.3) is 0 Å². The molecule has 10 heteroatoms. The van der Waals surface area contributed by atoms with Gasteiger partial charge in [-0.3, -0.25) is 15.2 Å². The van der Waals surface area contributed by atoms with E-state index in [0.29, 0.717) is 5.02 Å². The summed E-state index contributed by atoms with van der Waals surface area (Å²) in [5.41, 5.74) is 2.60. The van der Waals surface area contributed by atoms with Crippen molar-refractivity contribution in [3.63, 3.8) is 0 Å². The van der Waals surface area contributed by atoms with Crippen molar-refractivity contribution in [1.29, 1.82) is 0 Å². The topological polar surface area (TPSA) is 105 Å². The third-order valence-electron chi connectivity index (χ3n) is 2.42. The third kappa shape index (κ3) is 4.38. The number of anilines is 1. The summed E-state index contributed by atoms with van der Waals surface area (Å²) >= 11 is 15.5. The summed E-state index contributed by atoms with van der Waals surface area (Å²) in [6.07, 6.45) is 1.12. The minimum Gasteiger partial charge on any atom is -0.494 e. The van der Waals surface area contributed by atoms with Gasteiger partial charge in [-0.2, -0.15) is 5.10 Å². The van der Waals surface area contributed by atoms with Gasteiger partial charge in [0.15, 0.2) is 9.88 Å². The molecule has 2 rings (SSSR count). The fourth-order valence-corrected chi connectivity index (χ4v) is 1.94. The number of aromatic nitrogens is 2. The summed E-state index contributed by atoms with van der Waals surface area (Å²) in [6.45, 7) is 0. The van der Waals surface area contributed by atoms with Crippen molar-refractivity contribution in [2.75, 3.05) is 5.32 Å². The summed E-state index contributed by atoms with van der Waals surface area (Å²) < 4.78 is 0.0209. The van der Waals surface area contributed by atoms with Crippen molar-refractivity contribution in [2.45, 2.75) is 0 Å². The smallest absolute Gasteiger partial charge is 0.264 e. The zero-order chi connectivity index (χ0) is 16.1. The lowest BCUT2D eigenvalue weighted by Gasteiger charge is -2.06. The number of nitrogens with zero attached hydrogens (tertiary/aromatic N) is 1. The number of hydrogen-bond donors (Lipinski definition) is 5. The lowest BCUT2D eigenvalue weighted by atomic mass is 10.3. The molecule has 1 aromatic heterocycles. The standard InChI is InChI=1S/C12H10ClN5O2S2/c13-6-1-3-7(4-2-6)15-12(22)18-14-5-8-9(19)16-11(21)17-10(8)20/h1-5H,(H2,15,18,22)(H3,16,17,19,20,21)/b14-5+. The number of aromatic hydroxyl groups is 1. The molecule has 0 saturated heterocycles. The van der Waals surface area contributed by atoms with Crippen LogP contribution < -0.4 is 16.3 Å². The van der Waals surface area contributed by atoms with Gasteiger partial charge in [0.1, 0.15) is 5.56 Å². The quantitative estimate of drug-likeness (QED) is 0.328. The van der Waals surface area contributed by atoms with Crippen molar-refractivity contribution in [3.8, 4) is 5.88 Å². The lowest BCUT2D eigenvalue weighted by molar-refractivity contribution is 0.449. The van der Waals surface area contributed by atoms with Crippen molar-refractivity contribution in [1.82, 2.24) is 15.4 Å². The first kappa shape index (κ1) is 16.1. The first-order valence-corrected chi connectivity index (χ1v) is 7.06. The molecule has 7 nitrogen and oxygen atoms in total. The summed E-state index contributed by atoms with van der Waals surface area (Å²) in [5, 5.41) is 17.0. The molecule has 1 aromatic carbocycles. The minimum atomic E-state index is -0.566. The third-order valence-corrected chi connectivity index (χ3v) is 3.07. The average molecular weight is 356 g/mol. The highest BCUT2D eigenvalue weighted by atomic mass is 35.5. The first-order valence-electron chi connectivity index (χ1n) is 5.87. The molecular formula is C12H10ClN5O2S2. The summed E-state index contributed by atoms with van der Waals surface area (Å²) in [6, 6.07) is 6.90. The average Bonchev–Trinajstić information content (AvgIpc) is 2.44. The van der Waals surface area contributed by atoms with Gasteiger partial charge in [0, 0.05) is 10.7 Å². The number of aromatic amines is 2. The van der Waals surface area contributed by atoms with Gasteiger partial charge in [-0.15, -0.1) is 0 Å². The Morgan fingerprint density at radius 1 is 1.32 bits per heavy atom. The van der Waals surface area contributed by atoms with Gasteiger partial charge in [0.2, 0.25) is 5.88 Å². The normalized spacial score (nSPS) is 10.6. The fraction of sp³-hybridized carbons (Fsp3) is 0. The molecule has 0 bridgehead atoms. The molecule has 22 heavy (non-hydrogen) atoms. The van der Waals surface area contributed by atoms with E-state index in [4.69, 9.17) is 36.0 Å². The highest BCUT2D eigenvalue weighted by molar-refractivity contribution is 7.80. The van der Waals surface area contributed by atoms with Crippen LogP contribution in [0.1, 0.15) is 5.56 Å². The molecule has 0 atom stereocenters. The predicted molar refractivity (Wildman–Crippen MR) is 92.3 cm³/mol. The van der Waals surface area contributed by atoms with Crippen molar-refractivity contribution in [3.05, 3.63) is 50.0 Å². The Bertz CT molecular complexity index is 829. The molecule has 0 unspecified atom stereocenters. The van der Waals surface area contributed by atoms with Crippen LogP contribution >= 0.6 is 36.0 Å². The Labute approximate surface area is 140 Å². The molecule has 0 aliphatic heterocycles. The predicted octanol–water partition coefficient (Wildman–Crippen LogP) is 2.11. The zero-order valence-electron chi connectivity index (χ0n) is 10.9. The molecule has 0 amide bonds. The molecule has 2 aromatic rings. The monoisotopic (exact) mass is 355 g/mol. The Hall–Kier alpha value is -2.23. The zero-order valence-corrected chi connectivity index (χ0v) is 13.3. The maximum absolute atomic E-state index is 11.6. The lowest BCUT2D eigenvalue weighted by Crippen LogP contribution is -2.24. The van der Waals surface area contributed by atoms with E-state index in [9.17, 15) is 9.90 Å². The molecule has 0 spiro atoms. The van der Waals surface area contributed by atoms with Gasteiger partial charge in [-0.1, -0.05) is 11.6 Å². The summed E-state index contributed by atoms with van der Waals surface area (Å²) in [4.78, 5) is 16.3. The Morgan fingerprint density at radius 3 is 2.64 bits per heavy atom. The van der Waals surface area contributed by atoms with Gasteiger partial charge in [0.05, 0.1) is 6.21 Å². The minimum absolute atomic E-state index is 0.0209. The SMILES string of the molecule is O=c1[nH]c(=S)[nH]c(O)c1/C=N/NC(=S)Nc1ccc(Cl)cc1. The van der Waals surface area contributed by atoms with Crippen LogP contribution in [-0.2, 0) is 0 Å². The number of thiocarbonyl (C=S) groups is 1. The fourth-order valence-electron chi connectivity index (χ4n) is 1.45. The second-order valence-corrected chi connectivity index (χ2v) is 5.25. The van der Waals surface area contributed by atoms with E-state index in [0.717, 1.165) is 11.9 Å². The second kappa shape index (κ2) is 7.16. The molecule has 114 valence electrons. The van der Waals surface area contributed by atoms with Gasteiger partial charge in [-0.25, -0.2) is 0 Å². The number of benzene rings is 1. The number of hydrazone groups is 1. The molecular weight excluding hydrogens is 346 g/mol. The number of rotatable bonds is 3. The van der Waals surface area contributed by atoms with Crippen molar-refractivity contribution in [2.24, 2.45) is 5.10 Å². The van der Waals surface area contributed by atoms with Crippen molar-refractivity contribution < 1.29 is 5.11 Å². The largest absolute Gasteiger partial charge is 0.494 e. The van der Waals surface area contributed by atoms with Crippen LogP contribution in [0.2, 0.25) is 5.02 Å². The second-order valence-electron chi connectivity index (χ2n) is 4.00. The van der Waals surface area contributed by atoms with Gasteiger partial charge in [-0.05, 0) is 48.7 Å². The Kier molecular flexibility index (Phi) is 5.26. The molecule has 0 aliphatic rings. The van der Waals surface area contributed by atoms with E-state index in [1.807, 2.05) is 0 Å². The maximum Gasteiger partial charge on any atom is 0.264 e. The molecule has 1 heterocycles. The Balaban J connectivity index is 2.00. The van der Waals surface area contributed by atoms with Crippen molar-refractivity contribution >= 4 is 53.1 Å². The van der Waals surface area contributed by atoms with Crippen LogP contribution in [0.15, 0.2) is 34.2 Å². The van der Waals surface area contributed by atoms with Crippen LogP contribution in [0.5, 0.6) is 5.88 Å². The molecule has 0 fully saturated rings.